The van der Waals surface area contributed by atoms with Gasteiger partial charge >= 0.3 is 5.97 Å². The predicted octanol–water partition coefficient (Wildman–Crippen LogP) is 3.37. The number of hydrogen-bond donors (Lipinski definition) is 1. The van der Waals surface area contributed by atoms with E-state index in [1.165, 1.54) is 6.20 Å². The van der Waals surface area contributed by atoms with E-state index in [2.05, 4.69) is 9.97 Å². The Labute approximate surface area is 122 Å². The molecule has 0 amide bonds. The lowest BCUT2D eigenvalue weighted by atomic mass is 10.1. The molecule has 0 saturated carbocycles. The monoisotopic (exact) mass is 290 g/mol. The summed E-state index contributed by atoms with van der Waals surface area (Å²) >= 11 is 5.94. The molecule has 0 saturated heterocycles. The second-order valence-corrected chi connectivity index (χ2v) is 4.94. The normalized spacial score (nSPS) is 10.5. The van der Waals surface area contributed by atoms with Gasteiger partial charge in [-0.2, -0.15) is 0 Å². The van der Waals surface area contributed by atoms with Crippen LogP contribution in [0.25, 0.3) is 0 Å². The van der Waals surface area contributed by atoms with E-state index in [0.717, 1.165) is 12.0 Å². The highest BCUT2D eigenvalue weighted by Gasteiger charge is 2.13. The summed E-state index contributed by atoms with van der Waals surface area (Å²) in [7, 11) is 0. The third-order valence-electron chi connectivity index (χ3n) is 2.89. The maximum atomic E-state index is 11.1. The number of carbonyl (C=O) groups is 1. The maximum Gasteiger partial charge on any atom is 0.339 e. The van der Waals surface area contributed by atoms with Crippen LogP contribution in [0.4, 0.5) is 0 Å². The van der Waals surface area contributed by atoms with Crippen LogP contribution in [0.1, 0.15) is 40.8 Å². The number of rotatable bonds is 5. The summed E-state index contributed by atoms with van der Waals surface area (Å²) in [6.45, 7) is 1.99. The van der Waals surface area contributed by atoms with Crippen molar-refractivity contribution >= 4 is 17.6 Å². The number of carboxylic acids is 1. The van der Waals surface area contributed by atoms with Gasteiger partial charge in [-0.15, -0.1) is 0 Å². The van der Waals surface area contributed by atoms with E-state index in [1.807, 2.05) is 31.2 Å². The molecule has 1 N–H and O–H groups in total. The number of hydrogen-bond acceptors (Lipinski definition) is 3. The molecule has 1 heterocycles. The minimum atomic E-state index is -0.984. The average molecular weight is 291 g/mol. The highest BCUT2D eigenvalue weighted by Crippen LogP contribution is 2.14. The first-order valence-corrected chi connectivity index (χ1v) is 6.80. The third kappa shape index (κ3) is 3.54. The molecule has 5 heteroatoms. The minimum absolute atomic E-state index is 0.182. The van der Waals surface area contributed by atoms with Crippen LogP contribution in [0.2, 0.25) is 5.02 Å². The summed E-state index contributed by atoms with van der Waals surface area (Å²) in [5, 5.41) is 9.78. The van der Waals surface area contributed by atoms with E-state index >= 15 is 0 Å². The summed E-state index contributed by atoms with van der Waals surface area (Å²) in [4.78, 5) is 19.6. The van der Waals surface area contributed by atoms with Crippen LogP contribution < -0.4 is 0 Å². The van der Waals surface area contributed by atoms with Crippen molar-refractivity contribution in [3.05, 3.63) is 58.1 Å². The Morgan fingerprint density at radius 2 is 2.20 bits per heavy atom. The zero-order valence-electron chi connectivity index (χ0n) is 11.1. The number of halogens is 1. The topological polar surface area (TPSA) is 63.1 Å². The van der Waals surface area contributed by atoms with E-state index in [-0.39, 0.29) is 5.56 Å². The van der Waals surface area contributed by atoms with Crippen molar-refractivity contribution in [1.29, 1.82) is 0 Å². The molecule has 0 aliphatic heterocycles. The molecule has 0 atom stereocenters. The zero-order valence-corrected chi connectivity index (χ0v) is 11.9. The van der Waals surface area contributed by atoms with Gasteiger partial charge < -0.3 is 5.11 Å². The van der Waals surface area contributed by atoms with E-state index < -0.39 is 5.97 Å². The Kier molecular flexibility index (Phi) is 4.69. The molecule has 104 valence electrons. The van der Waals surface area contributed by atoms with Crippen LogP contribution in [-0.2, 0) is 12.8 Å². The van der Waals surface area contributed by atoms with E-state index in [1.54, 1.807) is 0 Å². The van der Waals surface area contributed by atoms with Gasteiger partial charge in [0.1, 0.15) is 5.82 Å². The molecule has 0 spiro atoms. The Hall–Kier alpha value is -1.94. The van der Waals surface area contributed by atoms with Gasteiger partial charge in [0, 0.05) is 17.6 Å². The second kappa shape index (κ2) is 6.48. The summed E-state index contributed by atoms with van der Waals surface area (Å²) in [5.41, 5.74) is 1.77. The van der Waals surface area contributed by atoms with E-state index in [0.29, 0.717) is 29.4 Å². The summed E-state index contributed by atoms with van der Waals surface area (Å²) in [6, 6.07) is 7.48. The fraction of sp³-hybridized carbons (Fsp3) is 0.267. The van der Waals surface area contributed by atoms with Crippen LogP contribution in [0, 0.1) is 0 Å². The van der Waals surface area contributed by atoms with Crippen molar-refractivity contribution in [1.82, 2.24) is 9.97 Å². The van der Waals surface area contributed by atoms with Crippen molar-refractivity contribution in [2.45, 2.75) is 26.2 Å². The Bertz CT molecular complexity index is 629. The van der Waals surface area contributed by atoms with Crippen LogP contribution in [0.5, 0.6) is 0 Å². The molecule has 0 bridgehead atoms. The highest BCUT2D eigenvalue weighted by atomic mass is 35.5. The standard InChI is InChI=1S/C15H15ClN2O2/c1-2-4-13-12(15(19)20)9-17-14(18-13)8-10-5-3-6-11(16)7-10/h3,5-7,9H,2,4,8H2,1H3,(H,19,20). The molecule has 0 unspecified atom stereocenters. The van der Waals surface area contributed by atoms with Crippen LogP contribution in [0.3, 0.4) is 0 Å². The molecule has 0 fully saturated rings. The van der Waals surface area contributed by atoms with Crippen LogP contribution >= 0.6 is 11.6 Å². The number of aryl methyl sites for hydroxylation is 1. The molecule has 2 rings (SSSR count). The van der Waals surface area contributed by atoms with Gasteiger partial charge in [0.05, 0.1) is 11.3 Å². The van der Waals surface area contributed by atoms with Crippen LogP contribution in [0.15, 0.2) is 30.5 Å². The number of aromatic nitrogens is 2. The number of aromatic carboxylic acids is 1. The maximum absolute atomic E-state index is 11.1. The molecular weight excluding hydrogens is 276 g/mol. The molecule has 4 nitrogen and oxygen atoms in total. The Balaban J connectivity index is 2.29. The molecule has 0 aliphatic rings. The number of carboxylic acid groups (broad SMARTS) is 1. The van der Waals surface area contributed by atoms with Gasteiger partial charge in [-0.1, -0.05) is 37.1 Å². The zero-order chi connectivity index (χ0) is 14.5. The molecule has 0 aliphatic carbocycles. The second-order valence-electron chi connectivity index (χ2n) is 4.51. The van der Waals surface area contributed by atoms with Gasteiger partial charge in [0.2, 0.25) is 0 Å². The Morgan fingerprint density at radius 3 is 2.85 bits per heavy atom. The highest BCUT2D eigenvalue weighted by molar-refractivity contribution is 6.30. The van der Waals surface area contributed by atoms with Crippen LogP contribution in [-0.4, -0.2) is 21.0 Å². The van der Waals surface area contributed by atoms with Gasteiger partial charge in [0.25, 0.3) is 0 Å². The molecule has 1 aromatic heterocycles. The molecule has 20 heavy (non-hydrogen) atoms. The lowest BCUT2D eigenvalue weighted by Gasteiger charge is -2.07. The number of nitrogens with zero attached hydrogens (tertiary/aromatic N) is 2. The van der Waals surface area contributed by atoms with Crippen molar-refractivity contribution in [3.8, 4) is 0 Å². The summed E-state index contributed by atoms with van der Waals surface area (Å²) < 4.78 is 0. The third-order valence-corrected chi connectivity index (χ3v) is 3.12. The van der Waals surface area contributed by atoms with E-state index in [9.17, 15) is 4.79 Å². The first-order chi connectivity index (χ1) is 9.60. The number of benzene rings is 1. The SMILES string of the molecule is CCCc1nc(Cc2cccc(Cl)c2)ncc1C(=O)O. The van der Waals surface area contributed by atoms with Gasteiger partial charge in [-0.3, -0.25) is 0 Å². The molecule has 1 aromatic carbocycles. The van der Waals surface area contributed by atoms with Gasteiger partial charge in [-0.25, -0.2) is 14.8 Å². The van der Waals surface area contributed by atoms with Crippen molar-refractivity contribution in [3.63, 3.8) is 0 Å². The van der Waals surface area contributed by atoms with Crippen molar-refractivity contribution < 1.29 is 9.90 Å². The first kappa shape index (κ1) is 14.5. The smallest absolute Gasteiger partial charge is 0.339 e. The minimum Gasteiger partial charge on any atom is -0.478 e. The Morgan fingerprint density at radius 1 is 1.40 bits per heavy atom. The fourth-order valence-corrected chi connectivity index (χ4v) is 2.19. The summed E-state index contributed by atoms with van der Waals surface area (Å²) in [6.07, 6.45) is 3.40. The molecule has 2 aromatic rings. The van der Waals surface area contributed by atoms with Crippen molar-refractivity contribution in [2.75, 3.05) is 0 Å². The largest absolute Gasteiger partial charge is 0.478 e. The van der Waals surface area contributed by atoms with Gasteiger partial charge in [-0.05, 0) is 24.1 Å². The quantitative estimate of drug-likeness (QED) is 0.917. The molecular formula is C15H15ClN2O2. The molecule has 0 radical (unpaired) electrons. The lowest BCUT2D eigenvalue weighted by Crippen LogP contribution is -2.09. The predicted molar refractivity (Wildman–Crippen MR) is 77.2 cm³/mol. The fourth-order valence-electron chi connectivity index (χ4n) is 1.98. The first-order valence-electron chi connectivity index (χ1n) is 6.42. The van der Waals surface area contributed by atoms with Crippen molar-refractivity contribution in [2.24, 2.45) is 0 Å². The lowest BCUT2D eigenvalue weighted by molar-refractivity contribution is 0.0694. The summed E-state index contributed by atoms with van der Waals surface area (Å²) in [5.74, 6) is -0.372. The van der Waals surface area contributed by atoms with Gasteiger partial charge in [0.15, 0.2) is 0 Å². The average Bonchev–Trinajstić information content (AvgIpc) is 2.39. The van der Waals surface area contributed by atoms with E-state index in [4.69, 9.17) is 16.7 Å².